The first kappa shape index (κ1) is 17.1. The molecule has 1 rings (SSSR count). The average Bonchev–Trinajstić information content (AvgIpc) is 2.17. The number of para-hydroxylation sites is 1. The zero-order valence-electron chi connectivity index (χ0n) is 9.37. The van der Waals surface area contributed by atoms with Gasteiger partial charge in [-0.15, -0.1) is 0 Å². The van der Waals surface area contributed by atoms with Crippen LogP contribution in [0.2, 0.25) is 0 Å². The number of hydrogen-bond donors (Lipinski definition) is 1. The Labute approximate surface area is 130 Å². The third-order valence-corrected chi connectivity index (χ3v) is 1.61. The third kappa shape index (κ3) is 12.7. The SMILES string of the molecule is Oc1ccccc1.[CH2-]CCCCC.[K+]. The van der Waals surface area contributed by atoms with Crippen LogP contribution in [0.25, 0.3) is 0 Å². The van der Waals surface area contributed by atoms with E-state index in [4.69, 9.17) is 5.11 Å². The number of rotatable bonds is 3. The zero-order chi connectivity index (χ0) is 9.94. The van der Waals surface area contributed by atoms with Crippen molar-refractivity contribution < 1.29 is 56.5 Å². The van der Waals surface area contributed by atoms with Crippen LogP contribution < -0.4 is 51.4 Å². The first-order valence-corrected chi connectivity index (χ1v) is 4.84. The molecule has 0 heterocycles. The van der Waals surface area contributed by atoms with Crippen LogP contribution >= 0.6 is 0 Å². The third-order valence-electron chi connectivity index (χ3n) is 1.61. The van der Waals surface area contributed by atoms with Crippen LogP contribution in [0.3, 0.4) is 0 Å². The van der Waals surface area contributed by atoms with Gasteiger partial charge in [0, 0.05) is 0 Å². The molecule has 0 bridgehead atoms. The van der Waals surface area contributed by atoms with Crippen molar-refractivity contribution in [1.82, 2.24) is 0 Å². The average molecular weight is 218 g/mol. The summed E-state index contributed by atoms with van der Waals surface area (Å²) < 4.78 is 0. The molecular formula is C12H19KO. The van der Waals surface area contributed by atoms with Gasteiger partial charge in [0.15, 0.2) is 0 Å². The normalized spacial score (nSPS) is 8.14. The summed E-state index contributed by atoms with van der Waals surface area (Å²) in [5.74, 6) is 0.322. The molecule has 0 aromatic heterocycles. The predicted octanol–water partition coefficient (Wildman–Crippen LogP) is 0.797. The Hall–Kier alpha value is 0.656. The van der Waals surface area contributed by atoms with Crippen molar-refractivity contribution in [3.63, 3.8) is 0 Å². The van der Waals surface area contributed by atoms with Crippen molar-refractivity contribution in [1.29, 1.82) is 0 Å². The molecular weight excluding hydrogens is 199 g/mol. The molecule has 1 nitrogen and oxygen atoms in total. The van der Waals surface area contributed by atoms with Crippen LogP contribution in [0.5, 0.6) is 5.75 Å². The van der Waals surface area contributed by atoms with E-state index < -0.39 is 0 Å². The van der Waals surface area contributed by atoms with Crippen LogP contribution in [0.15, 0.2) is 30.3 Å². The second-order valence-electron chi connectivity index (χ2n) is 2.90. The van der Waals surface area contributed by atoms with Gasteiger partial charge < -0.3 is 12.0 Å². The molecule has 0 aliphatic heterocycles. The molecule has 0 atom stereocenters. The van der Waals surface area contributed by atoms with Crippen molar-refractivity contribution >= 4 is 0 Å². The minimum Gasteiger partial charge on any atom is -0.508 e. The number of hydrogen-bond acceptors (Lipinski definition) is 1. The summed E-state index contributed by atoms with van der Waals surface area (Å²) in [6.07, 6.45) is 5.07. The van der Waals surface area contributed by atoms with Crippen LogP contribution in [0, 0.1) is 6.92 Å². The van der Waals surface area contributed by atoms with Crippen LogP contribution in [-0.4, -0.2) is 5.11 Å². The molecule has 1 N–H and O–H groups in total. The van der Waals surface area contributed by atoms with Gasteiger partial charge in [0.25, 0.3) is 0 Å². The van der Waals surface area contributed by atoms with Gasteiger partial charge in [0.05, 0.1) is 0 Å². The number of phenolic OH excluding ortho intramolecular Hbond substituents is 1. The van der Waals surface area contributed by atoms with Crippen LogP contribution in [0.1, 0.15) is 32.6 Å². The second-order valence-corrected chi connectivity index (χ2v) is 2.90. The number of phenols is 1. The largest absolute Gasteiger partial charge is 1.00 e. The standard InChI is InChI=1S/C6H6O.C6H13.K/c7-6-4-2-1-3-5-6;1-3-5-6-4-2;/h1-5,7H;1,3-6H2,2H3;/q;-1;+1. The molecule has 2 heteroatoms. The Morgan fingerprint density at radius 1 is 1.14 bits per heavy atom. The van der Waals surface area contributed by atoms with Crippen LogP contribution in [0.4, 0.5) is 0 Å². The van der Waals surface area contributed by atoms with Crippen LogP contribution in [-0.2, 0) is 0 Å². The van der Waals surface area contributed by atoms with E-state index >= 15 is 0 Å². The quantitative estimate of drug-likeness (QED) is 0.452. The van der Waals surface area contributed by atoms with E-state index in [1.165, 1.54) is 19.3 Å². The van der Waals surface area contributed by atoms with E-state index in [0.29, 0.717) is 5.75 Å². The zero-order valence-corrected chi connectivity index (χ0v) is 12.5. The Balaban J connectivity index is 0. The van der Waals surface area contributed by atoms with Gasteiger partial charge in [0.1, 0.15) is 5.75 Å². The fourth-order valence-electron chi connectivity index (χ4n) is 0.855. The van der Waals surface area contributed by atoms with Crippen molar-refractivity contribution in [3.05, 3.63) is 37.3 Å². The number of benzene rings is 1. The van der Waals surface area contributed by atoms with Crippen molar-refractivity contribution in [2.24, 2.45) is 0 Å². The summed E-state index contributed by atoms with van der Waals surface area (Å²) in [5, 5.41) is 8.63. The molecule has 74 valence electrons. The van der Waals surface area contributed by atoms with Crippen molar-refractivity contribution in [2.45, 2.75) is 32.6 Å². The molecule has 0 radical (unpaired) electrons. The monoisotopic (exact) mass is 218 g/mol. The molecule has 1 aromatic carbocycles. The summed E-state index contributed by atoms with van der Waals surface area (Å²) >= 11 is 0. The minimum absolute atomic E-state index is 0. The Morgan fingerprint density at radius 2 is 1.71 bits per heavy atom. The van der Waals surface area contributed by atoms with Gasteiger partial charge in [-0.25, -0.2) is 0 Å². The Bertz CT molecular complexity index is 183. The molecule has 0 aliphatic rings. The molecule has 0 spiro atoms. The van der Waals surface area contributed by atoms with E-state index in [1.807, 2.05) is 6.07 Å². The minimum atomic E-state index is 0. The molecule has 0 saturated carbocycles. The number of unbranched alkanes of at least 4 members (excludes halogenated alkanes) is 3. The topological polar surface area (TPSA) is 20.2 Å². The first-order chi connectivity index (χ1) is 6.31. The van der Waals surface area contributed by atoms with Gasteiger partial charge in [-0.2, -0.15) is 6.42 Å². The maximum absolute atomic E-state index is 8.63. The summed E-state index contributed by atoms with van der Waals surface area (Å²) in [7, 11) is 0. The van der Waals surface area contributed by atoms with E-state index in [-0.39, 0.29) is 51.4 Å². The fraction of sp³-hybridized carbons (Fsp3) is 0.417. The fourth-order valence-corrected chi connectivity index (χ4v) is 0.855. The smallest absolute Gasteiger partial charge is 0.508 e. The van der Waals surface area contributed by atoms with Crippen molar-refractivity contribution in [3.8, 4) is 5.75 Å². The van der Waals surface area contributed by atoms with Crippen molar-refractivity contribution in [2.75, 3.05) is 0 Å². The predicted molar refractivity (Wildman–Crippen MR) is 57.6 cm³/mol. The Kier molecular flexibility index (Phi) is 16.6. The van der Waals surface area contributed by atoms with Gasteiger partial charge >= 0.3 is 51.4 Å². The Morgan fingerprint density at radius 3 is 1.93 bits per heavy atom. The number of aromatic hydroxyl groups is 1. The molecule has 0 saturated heterocycles. The summed E-state index contributed by atoms with van der Waals surface area (Å²) in [6.45, 7) is 5.93. The van der Waals surface area contributed by atoms with Gasteiger partial charge in [0.2, 0.25) is 0 Å². The second kappa shape index (κ2) is 13.7. The maximum atomic E-state index is 8.63. The van der Waals surface area contributed by atoms with E-state index in [9.17, 15) is 0 Å². The van der Waals surface area contributed by atoms with E-state index in [0.717, 1.165) is 6.42 Å². The molecule has 0 fully saturated rings. The summed E-state index contributed by atoms with van der Waals surface area (Å²) in [5.41, 5.74) is 0. The molecule has 0 aliphatic carbocycles. The van der Waals surface area contributed by atoms with Gasteiger partial charge in [-0.3, -0.25) is 0 Å². The molecule has 14 heavy (non-hydrogen) atoms. The van der Waals surface area contributed by atoms with Gasteiger partial charge in [-0.1, -0.05) is 44.4 Å². The first-order valence-electron chi connectivity index (χ1n) is 4.84. The van der Waals surface area contributed by atoms with E-state index in [2.05, 4.69) is 13.8 Å². The van der Waals surface area contributed by atoms with Gasteiger partial charge in [-0.05, 0) is 12.1 Å². The maximum Gasteiger partial charge on any atom is 1.00 e. The summed E-state index contributed by atoms with van der Waals surface area (Å²) in [4.78, 5) is 0. The molecule has 0 amide bonds. The van der Waals surface area contributed by atoms with E-state index in [1.54, 1.807) is 24.3 Å². The molecule has 0 unspecified atom stereocenters. The molecule has 1 aromatic rings. The summed E-state index contributed by atoms with van der Waals surface area (Å²) in [6, 6.07) is 8.71.